The number of hydrogen-bond donors (Lipinski definition) is 1. The van der Waals surface area contributed by atoms with Gasteiger partial charge in [-0.2, -0.15) is 0 Å². The van der Waals surface area contributed by atoms with Crippen LogP contribution in [0.2, 0.25) is 0 Å². The lowest BCUT2D eigenvalue weighted by molar-refractivity contribution is -0.140. The molecule has 1 aliphatic carbocycles. The molecule has 7 heteroatoms. The zero-order valence-corrected chi connectivity index (χ0v) is 15.1. The smallest absolute Gasteiger partial charge is 0.319 e. The second-order valence-corrected chi connectivity index (χ2v) is 8.22. The quantitative estimate of drug-likeness (QED) is 0.520. The molecule has 2 aromatic heterocycles. The maximum atomic E-state index is 12.5. The Morgan fingerprint density at radius 1 is 1.57 bits per heavy atom. The number of carbonyl (C=O) groups excluding carboxylic acids is 1. The molecule has 0 saturated heterocycles. The van der Waals surface area contributed by atoms with Gasteiger partial charge in [-0.15, -0.1) is 11.3 Å². The molecule has 2 aromatic rings. The molecule has 0 spiro atoms. The van der Waals surface area contributed by atoms with Crippen LogP contribution in [-0.4, -0.2) is 28.3 Å². The van der Waals surface area contributed by atoms with Crippen molar-refractivity contribution in [2.45, 2.75) is 49.9 Å². The van der Waals surface area contributed by atoms with Crippen LogP contribution < -0.4 is 5.56 Å². The summed E-state index contributed by atoms with van der Waals surface area (Å²) in [6.45, 7) is 4.16. The number of nitrogens with zero attached hydrogens (tertiary/aromatic N) is 1. The molecular weight excluding hydrogens is 332 g/mol. The van der Waals surface area contributed by atoms with E-state index in [0.29, 0.717) is 17.5 Å². The number of H-pyrrole nitrogens is 1. The van der Waals surface area contributed by atoms with Crippen molar-refractivity contribution >= 4 is 39.3 Å². The first-order chi connectivity index (χ1) is 11.0. The number of carbonyl (C=O) groups is 1. The first kappa shape index (κ1) is 16.5. The predicted octanol–water partition coefficient (Wildman–Crippen LogP) is 3.15. The molecule has 2 heterocycles. The normalized spacial score (nSPS) is 18.7. The fraction of sp³-hybridized carbons (Fsp3) is 0.562. The Kier molecular flexibility index (Phi) is 4.77. The van der Waals surface area contributed by atoms with Gasteiger partial charge in [0, 0.05) is 4.88 Å². The monoisotopic (exact) mass is 352 g/mol. The van der Waals surface area contributed by atoms with E-state index >= 15 is 0 Å². The average molecular weight is 352 g/mol. The van der Waals surface area contributed by atoms with Gasteiger partial charge in [-0.1, -0.05) is 25.6 Å². The Labute approximate surface area is 142 Å². The van der Waals surface area contributed by atoms with Gasteiger partial charge in [-0.3, -0.25) is 9.59 Å². The van der Waals surface area contributed by atoms with Crippen LogP contribution in [0.5, 0.6) is 0 Å². The zero-order chi connectivity index (χ0) is 16.6. The molecule has 5 nitrogen and oxygen atoms in total. The van der Waals surface area contributed by atoms with Crippen molar-refractivity contribution in [1.82, 2.24) is 9.97 Å². The highest BCUT2D eigenvalue weighted by atomic mass is 32.2. The highest BCUT2D eigenvalue weighted by molar-refractivity contribution is 8.00. The second-order valence-electron chi connectivity index (χ2n) is 5.94. The highest BCUT2D eigenvalue weighted by Gasteiger charge is 2.24. The minimum atomic E-state index is -0.352. The van der Waals surface area contributed by atoms with E-state index in [-0.39, 0.29) is 16.8 Å². The van der Waals surface area contributed by atoms with Crippen LogP contribution in [-0.2, 0) is 22.4 Å². The number of hydrogen-bond acceptors (Lipinski definition) is 6. The van der Waals surface area contributed by atoms with Gasteiger partial charge in [0.25, 0.3) is 5.56 Å². The van der Waals surface area contributed by atoms with Gasteiger partial charge in [0.15, 0.2) is 5.16 Å². The fourth-order valence-corrected chi connectivity index (χ4v) is 5.31. The average Bonchev–Trinajstić information content (AvgIpc) is 2.89. The highest BCUT2D eigenvalue weighted by Crippen LogP contribution is 2.36. The Hall–Kier alpha value is -1.34. The van der Waals surface area contributed by atoms with E-state index in [1.165, 1.54) is 29.3 Å². The summed E-state index contributed by atoms with van der Waals surface area (Å²) in [4.78, 5) is 33.7. The first-order valence-corrected chi connectivity index (χ1v) is 9.52. The van der Waals surface area contributed by atoms with Crippen molar-refractivity contribution in [1.29, 1.82) is 0 Å². The molecule has 0 aromatic carbocycles. The van der Waals surface area contributed by atoms with E-state index < -0.39 is 0 Å². The summed E-state index contributed by atoms with van der Waals surface area (Å²) in [5, 5.41) is 0.883. The van der Waals surface area contributed by atoms with E-state index in [1.54, 1.807) is 11.3 Å². The van der Waals surface area contributed by atoms with Crippen LogP contribution in [0.1, 0.15) is 37.1 Å². The lowest BCUT2D eigenvalue weighted by Gasteiger charge is -2.17. The van der Waals surface area contributed by atoms with Crippen molar-refractivity contribution in [3.63, 3.8) is 0 Å². The van der Waals surface area contributed by atoms with Crippen LogP contribution in [0.4, 0.5) is 0 Å². The molecule has 23 heavy (non-hydrogen) atoms. The number of aryl methyl sites for hydroxylation is 1. The van der Waals surface area contributed by atoms with E-state index in [4.69, 9.17) is 4.74 Å². The van der Waals surface area contributed by atoms with Crippen molar-refractivity contribution < 1.29 is 9.53 Å². The van der Waals surface area contributed by atoms with E-state index in [1.807, 2.05) is 6.92 Å². The van der Waals surface area contributed by atoms with Crippen LogP contribution in [0.15, 0.2) is 9.95 Å². The zero-order valence-electron chi connectivity index (χ0n) is 13.5. The van der Waals surface area contributed by atoms with Crippen LogP contribution in [0.25, 0.3) is 10.2 Å². The van der Waals surface area contributed by atoms with Gasteiger partial charge in [-0.25, -0.2) is 4.98 Å². The summed E-state index contributed by atoms with van der Waals surface area (Å²) in [5.74, 6) is 0.367. The summed E-state index contributed by atoms with van der Waals surface area (Å²) in [6, 6.07) is 0. The number of methoxy groups -OCH3 is 1. The number of nitrogens with one attached hydrogen (secondary N) is 1. The molecule has 0 saturated carbocycles. The molecule has 1 N–H and O–H groups in total. The maximum Gasteiger partial charge on any atom is 0.319 e. The molecule has 3 rings (SSSR count). The van der Waals surface area contributed by atoms with Gasteiger partial charge in [-0.05, 0) is 37.2 Å². The molecule has 0 bridgehead atoms. The van der Waals surface area contributed by atoms with E-state index in [0.717, 1.165) is 29.5 Å². The number of esters is 1. The number of aromatic amines is 1. The Morgan fingerprint density at radius 2 is 2.35 bits per heavy atom. The minimum absolute atomic E-state index is 0.0933. The molecule has 0 fully saturated rings. The predicted molar refractivity (Wildman–Crippen MR) is 93.4 cm³/mol. The van der Waals surface area contributed by atoms with E-state index in [9.17, 15) is 9.59 Å². The molecule has 2 atom stereocenters. The summed E-state index contributed by atoms with van der Waals surface area (Å²) in [5.41, 5.74) is 1.08. The number of fused-ring (bicyclic) bond motifs is 3. The van der Waals surface area contributed by atoms with Crippen LogP contribution in [0.3, 0.4) is 0 Å². The van der Waals surface area contributed by atoms with Crippen molar-refractivity contribution in [3.8, 4) is 0 Å². The van der Waals surface area contributed by atoms with Crippen molar-refractivity contribution in [2.75, 3.05) is 7.11 Å². The second kappa shape index (κ2) is 6.65. The summed E-state index contributed by atoms with van der Waals surface area (Å²) < 4.78 is 4.79. The molecule has 0 unspecified atom stereocenters. The largest absolute Gasteiger partial charge is 0.468 e. The van der Waals surface area contributed by atoms with Crippen LogP contribution >= 0.6 is 23.1 Å². The lowest BCUT2D eigenvalue weighted by Crippen LogP contribution is -2.19. The minimum Gasteiger partial charge on any atom is -0.468 e. The third kappa shape index (κ3) is 3.17. The Bertz CT molecular complexity index is 796. The molecule has 0 amide bonds. The number of thioether (sulfide) groups is 1. The molecule has 0 radical (unpaired) electrons. The SMILES string of the molecule is CC[C@H](Sc1nc2sc3c(c2c(=O)[nH]1)CC[C@@H](C)C3)C(=O)OC. The summed E-state index contributed by atoms with van der Waals surface area (Å²) in [7, 11) is 1.37. The van der Waals surface area contributed by atoms with Crippen molar-refractivity contribution in [2.24, 2.45) is 5.92 Å². The van der Waals surface area contributed by atoms with Crippen molar-refractivity contribution in [3.05, 3.63) is 20.8 Å². The molecular formula is C16H20N2O3S2. The van der Waals surface area contributed by atoms with Gasteiger partial charge in [0.1, 0.15) is 10.1 Å². The van der Waals surface area contributed by atoms with Gasteiger partial charge >= 0.3 is 5.97 Å². The number of aromatic nitrogens is 2. The van der Waals surface area contributed by atoms with Crippen LogP contribution in [0, 0.1) is 5.92 Å². The molecule has 0 aliphatic heterocycles. The Morgan fingerprint density at radius 3 is 3.04 bits per heavy atom. The lowest BCUT2D eigenvalue weighted by atomic mass is 9.89. The number of thiophene rings is 1. The topological polar surface area (TPSA) is 72.0 Å². The standard InChI is InChI=1S/C16H20N2O3S2/c1-4-10(15(20)21-3)23-16-17-13(19)12-9-6-5-8(2)7-11(9)22-14(12)18-16/h8,10H,4-7H2,1-3H3,(H,17,18,19)/t8-,10+/m1/s1. The summed E-state index contributed by atoms with van der Waals surface area (Å²) in [6.07, 6.45) is 3.72. The van der Waals surface area contributed by atoms with Gasteiger partial charge in [0.2, 0.25) is 0 Å². The summed E-state index contributed by atoms with van der Waals surface area (Å²) >= 11 is 2.88. The molecule has 124 valence electrons. The fourth-order valence-electron chi connectivity index (χ4n) is 2.95. The third-order valence-corrected chi connectivity index (χ3v) is 6.61. The first-order valence-electron chi connectivity index (χ1n) is 7.82. The van der Waals surface area contributed by atoms with E-state index in [2.05, 4.69) is 16.9 Å². The Balaban J connectivity index is 1.99. The third-order valence-electron chi connectivity index (χ3n) is 4.23. The number of ether oxygens (including phenoxy) is 1. The van der Waals surface area contributed by atoms with Gasteiger partial charge in [0.05, 0.1) is 12.5 Å². The number of rotatable bonds is 4. The maximum absolute atomic E-state index is 12.5. The van der Waals surface area contributed by atoms with Gasteiger partial charge < -0.3 is 9.72 Å². The molecule has 1 aliphatic rings.